The Hall–Kier alpha value is -2.45. The smallest absolute Gasteiger partial charge is 0.188 e. The molecule has 1 heterocycles. The first-order valence-electron chi connectivity index (χ1n) is 6.56. The molecule has 2 nitrogen and oxygen atoms in total. The first kappa shape index (κ1) is 13.5. The number of ketones is 1. The highest BCUT2D eigenvalue weighted by atomic mass is 35.5. The Kier molecular flexibility index (Phi) is 3.80. The number of hydrogen-bond acceptors (Lipinski definition) is 2. The summed E-state index contributed by atoms with van der Waals surface area (Å²) in [6, 6.07) is 16.8. The molecule has 21 heavy (non-hydrogen) atoms. The van der Waals surface area contributed by atoms with Crippen molar-refractivity contribution in [1.29, 1.82) is 0 Å². The monoisotopic (exact) mass is 293 g/mol. The van der Waals surface area contributed by atoms with Gasteiger partial charge in [0.15, 0.2) is 5.78 Å². The highest BCUT2D eigenvalue weighted by molar-refractivity contribution is 6.32. The van der Waals surface area contributed by atoms with E-state index in [1.807, 2.05) is 42.5 Å². The normalized spacial score (nSPS) is 11.1. The van der Waals surface area contributed by atoms with Crippen LogP contribution in [0.15, 0.2) is 66.9 Å². The average molecular weight is 294 g/mol. The van der Waals surface area contributed by atoms with Crippen molar-refractivity contribution in [2.24, 2.45) is 0 Å². The Morgan fingerprint density at radius 3 is 2.67 bits per heavy atom. The lowest BCUT2D eigenvalue weighted by Gasteiger charge is -2.02. The number of benzene rings is 2. The van der Waals surface area contributed by atoms with Crippen molar-refractivity contribution in [3.63, 3.8) is 0 Å². The van der Waals surface area contributed by atoms with E-state index in [1.165, 1.54) is 6.08 Å². The van der Waals surface area contributed by atoms with Gasteiger partial charge in [0.2, 0.25) is 0 Å². The van der Waals surface area contributed by atoms with Crippen molar-refractivity contribution < 1.29 is 4.79 Å². The number of carbonyl (C=O) groups is 1. The first-order valence-corrected chi connectivity index (χ1v) is 6.94. The van der Waals surface area contributed by atoms with Gasteiger partial charge in [-0.2, -0.15) is 0 Å². The third-order valence-electron chi connectivity index (χ3n) is 3.22. The summed E-state index contributed by atoms with van der Waals surface area (Å²) in [7, 11) is 0. The summed E-state index contributed by atoms with van der Waals surface area (Å²) in [6.07, 6.45) is 4.95. The van der Waals surface area contributed by atoms with E-state index in [1.54, 1.807) is 24.4 Å². The van der Waals surface area contributed by atoms with E-state index in [9.17, 15) is 4.79 Å². The molecule has 0 fully saturated rings. The molecule has 0 aliphatic carbocycles. The Bertz CT molecular complexity index is 834. The summed E-state index contributed by atoms with van der Waals surface area (Å²) in [6.45, 7) is 0. The van der Waals surface area contributed by atoms with Crippen LogP contribution in [0.25, 0.3) is 17.0 Å². The van der Waals surface area contributed by atoms with Crippen molar-refractivity contribution in [3.05, 3.63) is 83.0 Å². The van der Waals surface area contributed by atoms with Crippen LogP contribution >= 0.6 is 11.6 Å². The lowest BCUT2D eigenvalue weighted by atomic mass is 10.0. The Morgan fingerprint density at radius 2 is 1.81 bits per heavy atom. The topological polar surface area (TPSA) is 30.0 Å². The molecule has 0 saturated heterocycles. The molecule has 0 aliphatic rings. The maximum atomic E-state index is 12.4. The maximum absolute atomic E-state index is 12.4. The molecule has 3 heteroatoms. The van der Waals surface area contributed by atoms with Crippen molar-refractivity contribution >= 4 is 34.4 Å². The van der Waals surface area contributed by atoms with Gasteiger partial charge in [0.05, 0.1) is 5.52 Å². The van der Waals surface area contributed by atoms with E-state index in [0.717, 1.165) is 10.9 Å². The maximum Gasteiger partial charge on any atom is 0.188 e. The SMILES string of the molecule is O=C(/C=C/c1ccccc1Cl)c1cccc2cccnc12. The second kappa shape index (κ2) is 5.90. The Labute approximate surface area is 127 Å². The first-order chi connectivity index (χ1) is 10.3. The van der Waals surface area contributed by atoms with Crippen LogP contribution in [0.5, 0.6) is 0 Å². The van der Waals surface area contributed by atoms with E-state index in [4.69, 9.17) is 11.6 Å². The third kappa shape index (κ3) is 2.86. The largest absolute Gasteiger partial charge is 0.289 e. The molecule has 0 bridgehead atoms. The van der Waals surface area contributed by atoms with Crippen molar-refractivity contribution in [2.75, 3.05) is 0 Å². The van der Waals surface area contributed by atoms with Crippen LogP contribution in [-0.4, -0.2) is 10.8 Å². The summed E-state index contributed by atoms with van der Waals surface area (Å²) in [5.74, 6) is -0.0841. The number of rotatable bonds is 3. The molecule has 0 atom stereocenters. The molecule has 3 aromatic rings. The summed E-state index contributed by atoms with van der Waals surface area (Å²) in [5.41, 5.74) is 2.13. The summed E-state index contributed by atoms with van der Waals surface area (Å²) in [4.78, 5) is 16.7. The fourth-order valence-corrected chi connectivity index (χ4v) is 2.37. The molecule has 102 valence electrons. The molecule has 0 aliphatic heterocycles. The van der Waals surface area contributed by atoms with Crippen molar-refractivity contribution in [3.8, 4) is 0 Å². The predicted molar refractivity (Wildman–Crippen MR) is 86.6 cm³/mol. The van der Waals surface area contributed by atoms with Gasteiger partial charge in [-0.3, -0.25) is 9.78 Å². The third-order valence-corrected chi connectivity index (χ3v) is 3.56. The van der Waals surface area contributed by atoms with Crippen LogP contribution in [0.4, 0.5) is 0 Å². The molecule has 0 amide bonds. The molecule has 0 N–H and O–H groups in total. The van der Waals surface area contributed by atoms with Gasteiger partial charge in [0.25, 0.3) is 0 Å². The lowest BCUT2D eigenvalue weighted by Crippen LogP contribution is -1.97. The zero-order chi connectivity index (χ0) is 14.7. The lowest BCUT2D eigenvalue weighted by molar-refractivity contribution is 0.104. The molecule has 0 unspecified atom stereocenters. The number of halogens is 1. The zero-order valence-electron chi connectivity index (χ0n) is 11.2. The second-order valence-electron chi connectivity index (χ2n) is 4.60. The molecular weight excluding hydrogens is 282 g/mol. The standard InChI is InChI=1S/C18H12ClNO/c19-16-9-2-1-5-13(16)10-11-17(21)15-8-3-6-14-7-4-12-20-18(14)15/h1-12H/b11-10+. The minimum absolute atomic E-state index is 0.0841. The molecule has 0 radical (unpaired) electrons. The van der Waals surface area contributed by atoms with Crippen molar-refractivity contribution in [2.45, 2.75) is 0 Å². The fourth-order valence-electron chi connectivity index (χ4n) is 2.17. The number of para-hydroxylation sites is 1. The van der Waals surface area contributed by atoms with Gasteiger partial charge >= 0.3 is 0 Å². The minimum Gasteiger partial charge on any atom is -0.289 e. The molecule has 0 saturated carbocycles. The van der Waals surface area contributed by atoms with Gasteiger partial charge in [0, 0.05) is 22.2 Å². The summed E-state index contributed by atoms with van der Waals surface area (Å²) < 4.78 is 0. The quantitative estimate of drug-likeness (QED) is 0.513. The number of allylic oxidation sites excluding steroid dienone is 1. The zero-order valence-corrected chi connectivity index (χ0v) is 11.9. The number of aromatic nitrogens is 1. The molecule has 2 aromatic carbocycles. The van der Waals surface area contributed by atoms with Gasteiger partial charge < -0.3 is 0 Å². The van der Waals surface area contributed by atoms with E-state index in [0.29, 0.717) is 16.1 Å². The molecule has 3 rings (SSSR count). The molecule has 1 aromatic heterocycles. The average Bonchev–Trinajstić information content (AvgIpc) is 2.53. The Balaban J connectivity index is 1.97. The number of hydrogen-bond donors (Lipinski definition) is 0. The van der Waals surface area contributed by atoms with Gasteiger partial charge in [-0.05, 0) is 35.9 Å². The van der Waals surface area contributed by atoms with Crippen LogP contribution in [-0.2, 0) is 0 Å². The van der Waals surface area contributed by atoms with E-state index < -0.39 is 0 Å². The van der Waals surface area contributed by atoms with Crippen LogP contribution in [0.2, 0.25) is 5.02 Å². The summed E-state index contributed by atoms with van der Waals surface area (Å²) in [5, 5.41) is 1.58. The van der Waals surface area contributed by atoms with E-state index in [2.05, 4.69) is 4.98 Å². The van der Waals surface area contributed by atoms with Gasteiger partial charge in [-0.25, -0.2) is 0 Å². The van der Waals surface area contributed by atoms with E-state index in [-0.39, 0.29) is 5.78 Å². The van der Waals surface area contributed by atoms with Crippen LogP contribution in [0.1, 0.15) is 15.9 Å². The van der Waals surface area contributed by atoms with E-state index >= 15 is 0 Å². The highest BCUT2D eigenvalue weighted by Crippen LogP contribution is 2.19. The number of pyridine rings is 1. The van der Waals surface area contributed by atoms with Crippen LogP contribution < -0.4 is 0 Å². The number of nitrogens with zero attached hydrogens (tertiary/aromatic N) is 1. The van der Waals surface area contributed by atoms with Crippen LogP contribution in [0, 0.1) is 0 Å². The van der Waals surface area contributed by atoms with Gasteiger partial charge in [-0.1, -0.05) is 48.0 Å². The van der Waals surface area contributed by atoms with Gasteiger partial charge in [0.1, 0.15) is 0 Å². The predicted octanol–water partition coefficient (Wildman–Crippen LogP) is 4.78. The molecule has 0 spiro atoms. The van der Waals surface area contributed by atoms with Crippen LogP contribution in [0.3, 0.4) is 0 Å². The highest BCUT2D eigenvalue weighted by Gasteiger charge is 2.07. The van der Waals surface area contributed by atoms with Crippen molar-refractivity contribution in [1.82, 2.24) is 4.98 Å². The number of fused-ring (bicyclic) bond motifs is 1. The number of carbonyl (C=O) groups excluding carboxylic acids is 1. The molecular formula is C18H12ClNO. The minimum atomic E-state index is -0.0841. The fraction of sp³-hybridized carbons (Fsp3) is 0. The second-order valence-corrected chi connectivity index (χ2v) is 5.01. The Morgan fingerprint density at radius 1 is 1.00 bits per heavy atom. The van der Waals surface area contributed by atoms with Gasteiger partial charge in [-0.15, -0.1) is 0 Å². The summed E-state index contributed by atoms with van der Waals surface area (Å²) >= 11 is 6.07.